The fourth-order valence-electron chi connectivity index (χ4n) is 3.83. The van der Waals surface area contributed by atoms with E-state index in [0.717, 1.165) is 13.0 Å². The van der Waals surface area contributed by atoms with E-state index in [2.05, 4.69) is 4.90 Å². The van der Waals surface area contributed by atoms with E-state index in [1.165, 1.54) is 44.9 Å². The van der Waals surface area contributed by atoms with Crippen LogP contribution in [-0.4, -0.2) is 48.3 Å². The molecule has 1 spiro atoms. The standard InChI is InChI=1S/C16H27NO3/c1-2-19-15(18)12-17(13-5-6-13)11-14-7-10-16(20-14)8-3-4-9-16/h13-14H,2-12H2,1H3. The van der Waals surface area contributed by atoms with Gasteiger partial charge in [0.25, 0.3) is 0 Å². The van der Waals surface area contributed by atoms with Crippen LogP contribution >= 0.6 is 0 Å². The molecule has 0 aromatic heterocycles. The van der Waals surface area contributed by atoms with Gasteiger partial charge >= 0.3 is 5.97 Å². The number of ether oxygens (including phenoxy) is 2. The molecule has 4 nitrogen and oxygen atoms in total. The van der Waals surface area contributed by atoms with E-state index in [4.69, 9.17) is 9.47 Å². The zero-order valence-corrected chi connectivity index (χ0v) is 12.6. The van der Waals surface area contributed by atoms with Crippen LogP contribution < -0.4 is 0 Å². The average molecular weight is 281 g/mol. The van der Waals surface area contributed by atoms with Crippen LogP contribution in [0.3, 0.4) is 0 Å². The van der Waals surface area contributed by atoms with E-state index < -0.39 is 0 Å². The molecule has 0 bridgehead atoms. The predicted octanol–water partition coefficient (Wildman–Crippen LogP) is 2.51. The number of carbonyl (C=O) groups excluding carboxylic acids is 1. The summed E-state index contributed by atoms with van der Waals surface area (Å²) in [5.74, 6) is -0.0898. The van der Waals surface area contributed by atoms with Crippen LogP contribution in [0.5, 0.6) is 0 Å². The molecule has 1 atom stereocenters. The van der Waals surface area contributed by atoms with Crippen LogP contribution in [0.4, 0.5) is 0 Å². The highest BCUT2D eigenvalue weighted by Gasteiger charge is 2.43. The second-order valence-electron chi connectivity index (χ2n) is 6.63. The maximum atomic E-state index is 11.7. The summed E-state index contributed by atoms with van der Waals surface area (Å²) < 4.78 is 11.5. The maximum absolute atomic E-state index is 11.7. The van der Waals surface area contributed by atoms with Gasteiger partial charge in [0.15, 0.2) is 0 Å². The molecule has 20 heavy (non-hydrogen) atoms. The van der Waals surface area contributed by atoms with Crippen LogP contribution in [0.2, 0.25) is 0 Å². The SMILES string of the molecule is CCOC(=O)CN(CC1CCC2(CCCC2)O1)C1CC1. The quantitative estimate of drug-likeness (QED) is 0.701. The van der Waals surface area contributed by atoms with Gasteiger partial charge in [0.1, 0.15) is 0 Å². The Balaban J connectivity index is 1.51. The maximum Gasteiger partial charge on any atom is 0.320 e. The van der Waals surface area contributed by atoms with Gasteiger partial charge in [-0.1, -0.05) is 12.8 Å². The summed E-state index contributed by atoms with van der Waals surface area (Å²) in [6.07, 6.45) is 10.3. The third-order valence-corrected chi connectivity index (χ3v) is 4.99. The van der Waals surface area contributed by atoms with Crippen molar-refractivity contribution in [1.82, 2.24) is 4.90 Å². The van der Waals surface area contributed by atoms with E-state index in [9.17, 15) is 4.79 Å². The number of carbonyl (C=O) groups is 1. The molecule has 0 amide bonds. The first-order valence-electron chi connectivity index (χ1n) is 8.28. The van der Waals surface area contributed by atoms with Crippen molar-refractivity contribution in [2.75, 3.05) is 19.7 Å². The van der Waals surface area contributed by atoms with Crippen molar-refractivity contribution in [1.29, 1.82) is 0 Å². The summed E-state index contributed by atoms with van der Waals surface area (Å²) in [5, 5.41) is 0. The number of esters is 1. The summed E-state index contributed by atoms with van der Waals surface area (Å²) in [7, 11) is 0. The molecule has 1 aliphatic heterocycles. The van der Waals surface area contributed by atoms with Crippen molar-refractivity contribution in [2.24, 2.45) is 0 Å². The van der Waals surface area contributed by atoms with Gasteiger partial charge in [-0.3, -0.25) is 9.69 Å². The summed E-state index contributed by atoms with van der Waals surface area (Å²) in [6, 6.07) is 0.586. The Morgan fingerprint density at radius 2 is 2.00 bits per heavy atom. The minimum atomic E-state index is -0.0898. The van der Waals surface area contributed by atoms with Crippen LogP contribution in [-0.2, 0) is 14.3 Å². The highest BCUT2D eigenvalue weighted by Crippen LogP contribution is 2.43. The minimum absolute atomic E-state index is 0.0898. The predicted molar refractivity (Wildman–Crippen MR) is 76.5 cm³/mol. The Morgan fingerprint density at radius 1 is 1.25 bits per heavy atom. The highest BCUT2D eigenvalue weighted by molar-refractivity contribution is 5.71. The zero-order chi connectivity index (χ0) is 14.0. The van der Waals surface area contributed by atoms with Crippen LogP contribution in [0, 0.1) is 0 Å². The Morgan fingerprint density at radius 3 is 2.65 bits per heavy atom. The largest absolute Gasteiger partial charge is 0.465 e. The molecule has 3 aliphatic rings. The topological polar surface area (TPSA) is 38.8 Å². The summed E-state index contributed by atoms with van der Waals surface area (Å²) in [6.45, 7) is 3.68. The summed E-state index contributed by atoms with van der Waals surface area (Å²) >= 11 is 0. The van der Waals surface area contributed by atoms with Crippen LogP contribution in [0.15, 0.2) is 0 Å². The van der Waals surface area contributed by atoms with Crippen LogP contribution in [0.25, 0.3) is 0 Å². The van der Waals surface area contributed by atoms with Crippen molar-refractivity contribution in [2.45, 2.75) is 76.0 Å². The van der Waals surface area contributed by atoms with Crippen molar-refractivity contribution in [3.8, 4) is 0 Å². The van der Waals surface area contributed by atoms with Gasteiger partial charge in [-0.2, -0.15) is 0 Å². The third kappa shape index (κ3) is 3.34. The Bertz CT molecular complexity index is 348. The minimum Gasteiger partial charge on any atom is -0.465 e. The van der Waals surface area contributed by atoms with E-state index in [1.54, 1.807) is 0 Å². The first kappa shape index (κ1) is 14.3. The molecule has 4 heteroatoms. The normalized spacial score (nSPS) is 28.4. The van der Waals surface area contributed by atoms with E-state index in [1.807, 2.05) is 6.92 Å². The monoisotopic (exact) mass is 281 g/mol. The number of hydrogen-bond donors (Lipinski definition) is 0. The number of nitrogens with zero attached hydrogens (tertiary/aromatic N) is 1. The van der Waals surface area contributed by atoms with E-state index in [-0.39, 0.29) is 11.6 Å². The molecule has 0 N–H and O–H groups in total. The Labute approximate surface area is 121 Å². The molecule has 1 unspecified atom stereocenters. The molecule has 2 aliphatic carbocycles. The van der Waals surface area contributed by atoms with Crippen molar-refractivity contribution in [3.05, 3.63) is 0 Å². The van der Waals surface area contributed by atoms with Gasteiger partial charge in [-0.25, -0.2) is 0 Å². The molecule has 1 heterocycles. The van der Waals surface area contributed by atoms with Crippen molar-refractivity contribution < 1.29 is 14.3 Å². The number of hydrogen-bond acceptors (Lipinski definition) is 4. The van der Waals surface area contributed by atoms with E-state index in [0.29, 0.717) is 25.3 Å². The zero-order valence-electron chi connectivity index (χ0n) is 12.6. The molecule has 114 valence electrons. The Kier molecular flexibility index (Phi) is 4.32. The lowest BCUT2D eigenvalue weighted by molar-refractivity contribution is -0.145. The second-order valence-corrected chi connectivity index (χ2v) is 6.63. The lowest BCUT2D eigenvalue weighted by Gasteiger charge is -2.27. The molecule has 0 aromatic carbocycles. The smallest absolute Gasteiger partial charge is 0.320 e. The van der Waals surface area contributed by atoms with Gasteiger partial charge in [-0.05, 0) is 45.4 Å². The molecule has 1 saturated heterocycles. The fraction of sp³-hybridized carbons (Fsp3) is 0.938. The molecular formula is C16H27NO3. The van der Waals surface area contributed by atoms with Gasteiger partial charge in [0.05, 0.1) is 24.9 Å². The molecule has 3 fully saturated rings. The van der Waals surface area contributed by atoms with Crippen molar-refractivity contribution >= 4 is 5.97 Å². The summed E-state index contributed by atoms with van der Waals surface area (Å²) in [4.78, 5) is 14.0. The number of rotatable bonds is 6. The second kappa shape index (κ2) is 6.02. The molecule has 2 saturated carbocycles. The molecule has 0 radical (unpaired) electrons. The molecule has 3 rings (SSSR count). The van der Waals surface area contributed by atoms with Crippen LogP contribution in [0.1, 0.15) is 58.3 Å². The lowest BCUT2D eigenvalue weighted by atomic mass is 9.98. The average Bonchev–Trinajstić information content (AvgIpc) is 3.06. The highest BCUT2D eigenvalue weighted by atomic mass is 16.5. The fourth-order valence-corrected chi connectivity index (χ4v) is 3.83. The van der Waals surface area contributed by atoms with E-state index >= 15 is 0 Å². The first-order chi connectivity index (χ1) is 9.71. The van der Waals surface area contributed by atoms with Gasteiger partial charge in [-0.15, -0.1) is 0 Å². The Hall–Kier alpha value is -0.610. The lowest BCUT2D eigenvalue weighted by Crippen LogP contribution is -2.39. The first-order valence-corrected chi connectivity index (χ1v) is 8.28. The third-order valence-electron chi connectivity index (χ3n) is 4.99. The van der Waals surface area contributed by atoms with Gasteiger partial charge in [0.2, 0.25) is 0 Å². The summed E-state index contributed by atoms with van der Waals surface area (Å²) in [5.41, 5.74) is 0.198. The van der Waals surface area contributed by atoms with Crippen molar-refractivity contribution in [3.63, 3.8) is 0 Å². The molecular weight excluding hydrogens is 254 g/mol. The van der Waals surface area contributed by atoms with Gasteiger partial charge < -0.3 is 9.47 Å². The van der Waals surface area contributed by atoms with Gasteiger partial charge in [0, 0.05) is 12.6 Å². The molecule has 0 aromatic rings.